The van der Waals surface area contributed by atoms with Crippen LogP contribution in [0.1, 0.15) is 18.4 Å². The number of aryl methyl sites for hydroxylation is 1. The summed E-state index contributed by atoms with van der Waals surface area (Å²) in [4.78, 5) is 11.8. The molecule has 1 heterocycles. The molecule has 3 N–H and O–H groups in total. The predicted molar refractivity (Wildman–Crippen MR) is 63.2 cm³/mol. The molecule has 1 amide bonds. The molecular weight excluding hydrogens is 204 g/mol. The van der Waals surface area contributed by atoms with E-state index in [1.807, 2.05) is 19.1 Å². The van der Waals surface area contributed by atoms with E-state index >= 15 is 0 Å². The molecule has 86 valence electrons. The van der Waals surface area contributed by atoms with Crippen LogP contribution in [0, 0.1) is 6.92 Å². The van der Waals surface area contributed by atoms with E-state index in [4.69, 9.17) is 10.5 Å². The van der Waals surface area contributed by atoms with E-state index < -0.39 is 0 Å². The van der Waals surface area contributed by atoms with Gasteiger partial charge in [0.2, 0.25) is 0 Å². The molecule has 0 unspecified atom stereocenters. The Morgan fingerprint density at radius 2 is 2.38 bits per heavy atom. The highest BCUT2D eigenvalue weighted by Gasteiger charge is 2.23. The van der Waals surface area contributed by atoms with Crippen molar-refractivity contribution >= 4 is 17.3 Å². The van der Waals surface area contributed by atoms with Crippen molar-refractivity contribution in [2.75, 3.05) is 17.7 Å². The van der Waals surface area contributed by atoms with Gasteiger partial charge in [0, 0.05) is 18.0 Å². The van der Waals surface area contributed by atoms with Crippen molar-refractivity contribution in [1.29, 1.82) is 0 Å². The number of amides is 1. The van der Waals surface area contributed by atoms with Gasteiger partial charge in [-0.05, 0) is 37.5 Å². The van der Waals surface area contributed by atoms with Crippen molar-refractivity contribution < 1.29 is 9.53 Å². The van der Waals surface area contributed by atoms with Gasteiger partial charge in [-0.15, -0.1) is 0 Å². The maximum Gasteiger partial charge on any atom is 0.253 e. The first kappa shape index (κ1) is 11.0. The summed E-state index contributed by atoms with van der Waals surface area (Å²) in [6.45, 7) is 2.61. The van der Waals surface area contributed by atoms with Crippen LogP contribution in [0.25, 0.3) is 0 Å². The lowest BCUT2D eigenvalue weighted by Gasteiger charge is -2.12. The normalized spacial score (nSPS) is 19.7. The fourth-order valence-electron chi connectivity index (χ4n) is 1.77. The molecule has 0 aromatic heterocycles. The Bertz CT molecular complexity index is 398. The first-order valence-corrected chi connectivity index (χ1v) is 5.45. The maximum atomic E-state index is 11.8. The third-order valence-corrected chi connectivity index (χ3v) is 2.74. The van der Waals surface area contributed by atoms with E-state index in [2.05, 4.69) is 5.32 Å². The summed E-state index contributed by atoms with van der Waals surface area (Å²) in [6.07, 6.45) is 1.45. The second kappa shape index (κ2) is 4.53. The van der Waals surface area contributed by atoms with Crippen LogP contribution in [0.5, 0.6) is 0 Å². The molecule has 0 aliphatic carbocycles. The lowest BCUT2D eigenvalue weighted by Crippen LogP contribution is -2.27. The lowest BCUT2D eigenvalue weighted by atomic mass is 10.1. The smallest absolute Gasteiger partial charge is 0.253 e. The molecule has 0 saturated carbocycles. The monoisotopic (exact) mass is 220 g/mol. The predicted octanol–water partition coefficient (Wildman–Crippen LogP) is 1.69. The number of hydrogen-bond donors (Lipinski definition) is 2. The Hall–Kier alpha value is -1.55. The van der Waals surface area contributed by atoms with E-state index in [9.17, 15) is 4.79 Å². The van der Waals surface area contributed by atoms with Crippen LogP contribution in [-0.2, 0) is 9.53 Å². The number of rotatable bonds is 2. The maximum absolute atomic E-state index is 11.8. The molecule has 1 aromatic carbocycles. The van der Waals surface area contributed by atoms with Gasteiger partial charge in [0.15, 0.2) is 0 Å². The molecule has 16 heavy (non-hydrogen) atoms. The van der Waals surface area contributed by atoms with Crippen molar-refractivity contribution in [3.8, 4) is 0 Å². The summed E-state index contributed by atoms with van der Waals surface area (Å²) in [5.74, 6) is -0.0776. The number of nitrogens with one attached hydrogen (secondary N) is 1. The molecular formula is C12H16N2O2. The number of hydrogen-bond acceptors (Lipinski definition) is 3. The summed E-state index contributed by atoms with van der Waals surface area (Å²) in [5.41, 5.74) is 8.09. The Morgan fingerprint density at radius 1 is 1.56 bits per heavy atom. The van der Waals surface area contributed by atoms with Crippen LogP contribution in [0.3, 0.4) is 0 Å². The molecule has 4 nitrogen and oxygen atoms in total. The molecule has 0 radical (unpaired) electrons. The Labute approximate surface area is 94.8 Å². The van der Waals surface area contributed by atoms with Gasteiger partial charge in [-0.2, -0.15) is 0 Å². The Morgan fingerprint density at radius 3 is 3.06 bits per heavy atom. The Balaban J connectivity index is 2.07. The first-order chi connectivity index (χ1) is 7.66. The van der Waals surface area contributed by atoms with Crippen molar-refractivity contribution in [3.05, 3.63) is 23.8 Å². The van der Waals surface area contributed by atoms with Gasteiger partial charge < -0.3 is 15.8 Å². The minimum Gasteiger partial charge on any atom is -0.399 e. The molecule has 1 aromatic rings. The van der Waals surface area contributed by atoms with Crippen LogP contribution in [0.2, 0.25) is 0 Å². The molecule has 1 aliphatic heterocycles. The van der Waals surface area contributed by atoms with Crippen molar-refractivity contribution in [2.24, 2.45) is 0 Å². The van der Waals surface area contributed by atoms with Gasteiger partial charge in [-0.1, -0.05) is 6.07 Å². The van der Waals surface area contributed by atoms with Gasteiger partial charge >= 0.3 is 0 Å². The molecule has 4 heteroatoms. The molecule has 1 atom stereocenters. The van der Waals surface area contributed by atoms with E-state index in [-0.39, 0.29) is 12.0 Å². The third kappa shape index (κ3) is 2.33. The van der Waals surface area contributed by atoms with Crippen LogP contribution < -0.4 is 11.1 Å². The molecule has 1 saturated heterocycles. The fraction of sp³-hybridized carbons (Fsp3) is 0.417. The van der Waals surface area contributed by atoms with E-state index in [1.165, 1.54) is 0 Å². The number of benzene rings is 1. The average Bonchev–Trinajstić information content (AvgIpc) is 2.76. The quantitative estimate of drug-likeness (QED) is 0.745. The lowest BCUT2D eigenvalue weighted by molar-refractivity contribution is -0.124. The zero-order chi connectivity index (χ0) is 11.5. The van der Waals surface area contributed by atoms with Crippen LogP contribution in [0.15, 0.2) is 18.2 Å². The summed E-state index contributed by atoms with van der Waals surface area (Å²) in [6, 6.07) is 5.47. The van der Waals surface area contributed by atoms with E-state index in [0.29, 0.717) is 12.3 Å². The zero-order valence-electron chi connectivity index (χ0n) is 9.32. The number of nitrogens with two attached hydrogens (primary N) is 1. The zero-order valence-corrected chi connectivity index (χ0v) is 9.32. The van der Waals surface area contributed by atoms with Crippen LogP contribution in [0.4, 0.5) is 11.4 Å². The van der Waals surface area contributed by atoms with E-state index in [1.54, 1.807) is 6.07 Å². The summed E-state index contributed by atoms with van der Waals surface area (Å²) < 4.78 is 5.31. The molecule has 0 spiro atoms. The minimum absolute atomic E-state index is 0.0776. The van der Waals surface area contributed by atoms with Crippen molar-refractivity contribution in [2.45, 2.75) is 25.9 Å². The number of nitrogen functional groups attached to an aromatic ring is 1. The molecule has 0 bridgehead atoms. The van der Waals surface area contributed by atoms with Gasteiger partial charge in [-0.25, -0.2) is 0 Å². The summed E-state index contributed by atoms with van der Waals surface area (Å²) in [5, 5.41) is 2.85. The number of ether oxygens (including phenoxy) is 1. The highest BCUT2D eigenvalue weighted by molar-refractivity contribution is 5.95. The second-order valence-corrected chi connectivity index (χ2v) is 4.07. The highest BCUT2D eigenvalue weighted by atomic mass is 16.5. The first-order valence-electron chi connectivity index (χ1n) is 5.45. The SMILES string of the molecule is Cc1ccc(N)cc1NC(=O)[C@@H]1CCCO1. The largest absolute Gasteiger partial charge is 0.399 e. The second-order valence-electron chi connectivity index (χ2n) is 4.07. The van der Waals surface area contributed by atoms with E-state index in [0.717, 1.165) is 24.1 Å². The molecule has 2 rings (SSSR count). The van der Waals surface area contributed by atoms with Crippen LogP contribution >= 0.6 is 0 Å². The summed E-state index contributed by atoms with van der Waals surface area (Å²) >= 11 is 0. The fourth-order valence-corrected chi connectivity index (χ4v) is 1.77. The standard InChI is InChI=1S/C12H16N2O2/c1-8-4-5-9(13)7-10(8)14-12(15)11-3-2-6-16-11/h4-5,7,11H,2-3,6,13H2,1H3,(H,14,15)/t11-/m0/s1. The van der Waals surface area contributed by atoms with Crippen molar-refractivity contribution in [1.82, 2.24) is 0 Å². The molecule has 1 fully saturated rings. The summed E-state index contributed by atoms with van der Waals surface area (Å²) in [7, 11) is 0. The molecule has 1 aliphatic rings. The number of carbonyl (C=O) groups is 1. The minimum atomic E-state index is -0.305. The Kier molecular flexibility index (Phi) is 3.10. The van der Waals surface area contributed by atoms with Crippen LogP contribution in [-0.4, -0.2) is 18.6 Å². The third-order valence-electron chi connectivity index (χ3n) is 2.74. The highest BCUT2D eigenvalue weighted by Crippen LogP contribution is 2.20. The van der Waals surface area contributed by atoms with Gasteiger partial charge in [0.25, 0.3) is 5.91 Å². The van der Waals surface area contributed by atoms with Gasteiger partial charge in [-0.3, -0.25) is 4.79 Å². The van der Waals surface area contributed by atoms with Crippen molar-refractivity contribution in [3.63, 3.8) is 0 Å². The topological polar surface area (TPSA) is 64.3 Å². The average molecular weight is 220 g/mol. The van der Waals surface area contributed by atoms with Gasteiger partial charge in [0.1, 0.15) is 6.10 Å². The van der Waals surface area contributed by atoms with Gasteiger partial charge in [0.05, 0.1) is 0 Å². The number of carbonyl (C=O) groups excluding carboxylic acids is 1. The number of anilines is 2.